The van der Waals surface area contributed by atoms with Gasteiger partial charge in [0.25, 0.3) is 0 Å². The van der Waals surface area contributed by atoms with Gasteiger partial charge in [-0.1, -0.05) is 45.2 Å². The Morgan fingerprint density at radius 1 is 1.53 bits per heavy atom. The topological polar surface area (TPSA) is 12.0 Å². The summed E-state index contributed by atoms with van der Waals surface area (Å²) in [7, 11) is 1.95. The maximum absolute atomic E-state index is 6.13. The largest absolute Gasteiger partial charge is 0.314 e. The molecule has 1 aromatic carbocycles. The molecule has 0 saturated heterocycles. The second-order valence-corrected chi connectivity index (χ2v) is 4.89. The van der Waals surface area contributed by atoms with E-state index in [1.54, 1.807) is 0 Å². The minimum Gasteiger partial charge on any atom is -0.314 e. The van der Waals surface area contributed by atoms with Crippen LogP contribution in [0.3, 0.4) is 0 Å². The van der Waals surface area contributed by atoms with Gasteiger partial charge in [0.15, 0.2) is 0 Å². The molecule has 0 aliphatic carbocycles. The van der Waals surface area contributed by atoms with E-state index in [2.05, 4.69) is 41.2 Å². The second-order valence-electron chi connectivity index (χ2n) is 3.56. The number of halogens is 2. The molecule has 3 heteroatoms. The van der Waals surface area contributed by atoms with Crippen molar-refractivity contribution in [1.29, 1.82) is 0 Å². The average molecular weight is 289 g/mol. The van der Waals surface area contributed by atoms with Gasteiger partial charge in [0, 0.05) is 15.5 Å². The SMILES string of the molecule is CNC(C)/C(C)=C/c1ccc(Br)cc1Cl. The molecule has 0 bridgehead atoms. The summed E-state index contributed by atoms with van der Waals surface area (Å²) < 4.78 is 1.00. The standard InChI is InChI=1S/C12H15BrClN/c1-8(9(2)15-3)6-10-4-5-11(13)7-12(10)14/h4-7,9,15H,1-3H3/b8-6+. The lowest BCUT2D eigenvalue weighted by Crippen LogP contribution is -2.21. The highest BCUT2D eigenvalue weighted by Gasteiger charge is 2.03. The van der Waals surface area contributed by atoms with E-state index in [-0.39, 0.29) is 0 Å². The molecule has 1 nitrogen and oxygen atoms in total. The monoisotopic (exact) mass is 287 g/mol. The van der Waals surface area contributed by atoms with E-state index in [1.807, 2.05) is 25.2 Å². The molecule has 0 heterocycles. The van der Waals surface area contributed by atoms with Crippen LogP contribution in [-0.2, 0) is 0 Å². The number of nitrogens with one attached hydrogen (secondary N) is 1. The number of hydrogen-bond donors (Lipinski definition) is 1. The average Bonchev–Trinajstić information content (AvgIpc) is 2.20. The fourth-order valence-electron chi connectivity index (χ4n) is 1.22. The lowest BCUT2D eigenvalue weighted by Gasteiger charge is -2.11. The van der Waals surface area contributed by atoms with E-state index >= 15 is 0 Å². The molecule has 0 spiro atoms. The molecule has 15 heavy (non-hydrogen) atoms. The van der Waals surface area contributed by atoms with Gasteiger partial charge in [-0.2, -0.15) is 0 Å². The molecule has 1 unspecified atom stereocenters. The molecule has 0 aliphatic rings. The summed E-state index contributed by atoms with van der Waals surface area (Å²) >= 11 is 9.51. The Morgan fingerprint density at radius 3 is 2.73 bits per heavy atom. The van der Waals surface area contributed by atoms with E-state index in [0.717, 1.165) is 15.1 Å². The third-order valence-corrected chi connectivity index (χ3v) is 3.28. The van der Waals surface area contributed by atoms with E-state index < -0.39 is 0 Å². The van der Waals surface area contributed by atoms with Crippen molar-refractivity contribution in [2.24, 2.45) is 0 Å². The van der Waals surface area contributed by atoms with Crippen LogP contribution >= 0.6 is 27.5 Å². The fraction of sp³-hybridized carbons (Fsp3) is 0.333. The first-order chi connectivity index (χ1) is 7.04. The highest BCUT2D eigenvalue weighted by molar-refractivity contribution is 9.10. The molecular weight excluding hydrogens is 273 g/mol. The van der Waals surface area contributed by atoms with Gasteiger partial charge >= 0.3 is 0 Å². The van der Waals surface area contributed by atoms with E-state index in [1.165, 1.54) is 5.57 Å². The normalized spacial score (nSPS) is 14.1. The first kappa shape index (κ1) is 12.8. The number of hydrogen-bond acceptors (Lipinski definition) is 1. The Bertz CT molecular complexity index is 374. The third-order valence-electron chi connectivity index (χ3n) is 2.46. The smallest absolute Gasteiger partial charge is 0.0489 e. The first-order valence-corrected chi connectivity index (χ1v) is 6.02. The van der Waals surface area contributed by atoms with Crippen molar-refractivity contribution in [2.75, 3.05) is 7.05 Å². The molecule has 1 rings (SSSR count). The summed E-state index contributed by atoms with van der Waals surface area (Å²) in [5, 5.41) is 3.97. The Balaban J connectivity index is 2.98. The lowest BCUT2D eigenvalue weighted by molar-refractivity contribution is 0.696. The molecule has 0 fully saturated rings. The Morgan fingerprint density at radius 2 is 2.20 bits per heavy atom. The lowest BCUT2D eigenvalue weighted by atomic mass is 10.1. The minimum atomic E-state index is 0.365. The van der Waals surface area contributed by atoms with Crippen molar-refractivity contribution in [3.63, 3.8) is 0 Å². The fourth-order valence-corrected chi connectivity index (χ4v) is 1.94. The predicted molar refractivity (Wildman–Crippen MR) is 71.3 cm³/mol. The van der Waals surface area contributed by atoms with Crippen LogP contribution in [0.25, 0.3) is 6.08 Å². The van der Waals surface area contributed by atoms with Crippen LogP contribution in [0.2, 0.25) is 5.02 Å². The molecule has 0 radical (unpaired) electrons. The van der Waals surface area contributed by atoms with Gasteiger partial charge in [0.05, 0.1) is 0 Å². The van der Waals surface area contributed by atoms with Gasteiger partial charge in [-0.15, -0.1) is 0 Å². The van der Waals surface area contributed by atoms with Crippen LogP contribution in [0.4, 0.5) is 0 Å². The van der Waals surface area contributed by atoms with Crippen molar-refractivity contribution < 1.29 is 0 Å². The van der Waals surface area contributed by atoms with Crippen molar-refractivity contribution in [1.82, 2.24) is 5.32 Å². The summed E-state index contributed by atoms with van der Waals surface area (Å²) in [6, 6.07) is 6.28. The van der Waals surface area contributed by atoms with Crippen molar-refractivity contribution >= 4 is 33.6 Å². The zero-order chi connectivity index (χ0) is 11.4. The molecular formula is C12H15BrClN. The van der Waals surface area contributed by atoms with Gasteiger partial charge in [0.2, 0.25) is 0 Å². The molecule has 0 aliphatic heterocycles. The second kappa shape index (κ2) is 5.69. The Kier molecular flexibility index (Phi) is 4.84. The number of likely N-dealkylation sites (N-methyl/N-ethyl adjacent to an activating group) is 1. The van der Waals surface area contributed by atoms with E-state index in [9.17, 15) is 0 Å². The van der Waals surface area contributed by atoms with Crippen molar-refractivity contribution in [2.45, 2.75) is 19.9 Å². The van der Waals surface area contributed by atoms with Gasteiger partial charge < -0.3 is 5.32 Å². The van der Waals surface area contributed by atoms with Crippen LogP contribution in [-0.4, -0.2) is 13.1 Å². The summed E-state index contributed by atoms with van der Waals surface area (Å²) in [6.45, 7) is 4.22. The van der Waals surface area contributed by atoms with Gasteiger partial charge in [-0.25, -0.2) is 0 Å². The first-order valence-electron chi connectivity index (χ1n) is 4.85. The number of benzene rings is 1. The highest BCUT2D eigenvalue weighted by atomic mass is 79.9. The molecule has 1 N–H and O–H groups in total. The van der Waals surface area contributed by atoms with Gasteiger partial charge in [0.1, 0.15) is 0 Å². The third kappa shape index (κ3) is 3.63. The summed E-state index contributed by atoms with van der Waals surface area (Å²) in [6.07, 6.45) is 2.11. The summed E-state index contributed by atoms with van der Waals surface area (Å²) in [4.78, 5) is 0. The maximum atomic E-state index is 6.13. The van der Waals surface area contributed by atoms with E-state index in [4.69, 9.17) is 11.6 Å². The van der Waals surface area contributed by atoms with Gasteiger partial charge in [-0.3, -0.25) is 0 Å². The zero-order valence-electron chi connectivity index (χ0n) is 9.14. The molecule has 1 atom stereocenters. The molecule has 0 amide bonds. The van der Waals surface area contributed by atoms with E-state index in [0.29, 0.717) is 6.04 Å². The molecule has 1 aromatic rings. The van der Waals surface area contributed by atoms with Gasteiger partial charge in [-0.05, 0) is 38.6 Å². The van der Waals surface area contributed by atoms with Crippen LogP contribution in [0, 0.1) is 0 Å². The molecule has 0 aromatic heterocycles. The predicted octanol–water partition coefficient (Wildman–Crippen LogP) is 4.11. The maximum Gasteiger partial charge on any atom is 0.0489 e. The Hall–Kier alpha value is -0.310. The minimum absolute atomic E-state index is 0.365. The van der Waals surface area contributed by atoms with Crippen LogP contribution in [0.15, 0.2) is 28.2 Å². The zero-order valence-corrected chi connectivity index (χ0v) is 11.5. The summed E-state index contributed by atoms with van der Waals surface area (Å²) in [5.74, 6) is 0. The molecule has 82 valence electrons. The van der Waals surface area contributed by atoms with Crippen LogP contribution < -0.4 is 5.32 Å². The quantitative estimate of drug-likeness (QED) is 0.882. The van der Waals surface area contributed by atoms with Crippen LogP contribution in [0.1, 0.15) is 19.4 Å². The van der Waals surface area contributed by atoms with Crippen molar-refractivity contribution in [3.8, 4) is 0 Å². The molecule has 0 saturated carbocycles. The Labute approximate surface area is 105 Å². The van der Waals surface area contributed by atoms with Crippen molar-refractivity contribution in [3.05, 3.63) is 38.8 Å². The van der Waals surface area contributed by atoms with Crippen LogP contribution in [0.5, 0.6) is 0 Å². The number of rotatable bonds is 3. The highest BCUT2D eigenvalue weighted by Crippen LogP contribution is 2.23. The summed E-state index contributed by atoms with van der Waals surface area (Å²) in [5.41, 5.74) is 2.32.